The zero-order valence-electron chi connectivity index (χ0n) is 14.1. The first-order chi connectivity index (χ1) is 11.7. The molecule has 24 heavy (non-hydrogen) atoms. The number of aliphatic imine (C=N–C) groups is 1. The lowest BCUT2D eigenvalue weighted by Crippen LogP contribution is -2.27. The molecule has 0 bridgehead atoms. The Kier molecular flexibility index (Phi) is 7.86. The Balaban J connectivity index is 1.96. The van der Waals surface area contributed by atoms with Gasteiger partial charge in [-0.05, 0) is 37.5 Å². The van der Waals surface area contributed by atoms with Gasteiger partial charge in [0.25, 0.3) is 0 Å². The highest BCUT2D eigenvalue weighted by molar-refractivity contribution is 6.18. The lowest BCUT2D eigenvalue weighted by Gasteiger charge is -2.23. The number of carbonyl (C=O) groups excluding carboxylic acids is 1. The van der Waals surface area contributed by atoms with Crippen molar-refractivity contribution in [3.63, 3.8) is 0 Å². The van der Waals surface area contributed by atoms with Crippen LogP contribution in [0, 0.1) is 0 Å². The van der Waals surface area contributed by atoms with Crippen molar-refractivity contribution in [2.24, 2.45) is 4.99 Å². The number of carbonyl (C=O) groups is 1. The van der Waals surface area contributed by atoms with Crippen molar-refractivity contribution in [2.45, 2.75) is 32.6 Å². The average molecular weight is 371 g/mol. The Morgan fingerprint density at radius 3 is 2.71 bits per heavy atom. The fraction of sp³-hybridized carbons (Fsp3) is 0.556. The lowest BCUT2D eigenvalue weighted by molar-refractivity contribution is -0.143. The van der Waals surface area contributed by atoms with Gasteiger partial charge in [-0.2, -0.15) is 0 Å². The van der Waals surface area contributed by atoms with Crippen molar-refractivity contribution in [1.29, 1.82) is 0 Å². The Bertz CT molecular complexity index is 584. The van der Waals surface area contributed by atoms with Gasteiger partial charge in [0.15, 0.2) is 0 Å². The topological polar surface area (TPSA) is 41.9 Å². The molecule has 4 nitrogen and oxygen atoms in total. The normalized spacial score (nSPS) is 12.7. The number of rotatable bonds is 10. The van der Waals surface area contributed by atoms with Gasteiger partial charge >= 0.3 is 5.97 Å². The maximum atomic E-state index is 11.4. The zero-order valence-corrected chi connectivity index (χ0v) is 15.6. The summed E-state index contributed by atoms with van der Waals surface area (Å²) < 4.78 is 4.95. The second-order valence-electron chi connectivity index (χ2n) is 5.69. The number of esters is 1. The monoisotopic (exact) mass is 370 g/mol. The summed E-state index contributed by atoms with van der Waals surface area (Å²) in [5.74, 6) is 1.00. The first-order valence-corrected chi connectivity index (χ1v) is 9.46. The van der Waals surface area contributed by atoms with Gasteiger partial charge in [-0.25, -0.2) is 0 Å². The summed E-state index contributed by atoms with van der Waals surface area (Å²) in [5.41, 5.74) is 4.49. The molecule has 1 aromatic carbocycles. The molecule has 0 unspecified atom stereocenters. The molecule has 0 N–H and O–H groups in total. The highest BCUT2D eigenvalue weighted by Crippen LogP contribution is 2.32. The van der Waals surface area contributed by atoms with E-state index in [1.54, 1.807) is 0 Å². The van der Waals surface area contributed by atoms with E-state index in [9.17, 15) is 4.79 Å². The molecule has 2 rings (SSSR count). The van der Waals surface area contributed by atoms with Crippen LogP contribution >= 0.6 is 23.2 Å². The highest BCUT2D eigenvalue weighted by Gasteiger charge is 2.17. The van der Waals surface area contributed by atoms with E-state index in [1.807, 2.05) is 6.92 Å². The van der Waals surface area contributed by atoms with Gasteiger partial charge < -0.3 is 9.64 Å². The van der Waals surface area contributed by atoms with Crippen LogP contribution in [0.2, 0.25) is 0 Å². The third-order valence-corrected chi connectivity index (χ3v) is 4.31. The van der Waals surface area contributed by atoms with E-state index in [1.165, 1.54) is 5.56 Å². The van der Waals surface area contributed by atoms with E-state index in [0.29, 0.717) is 24.8 Å². The number of halogens is 2. The molecule has 0 fully saturated rings. The van der Waals surface area contributed by atoms with Gasteiger partial charge in [0.1, 0.15) is 0 Å². The van der Waals surface area contributed by atoms with E-state index < -0.39 is 0 Å². The summed E-state index contributed by atoms with van der Waals surface area (Å²) in [6.07, 6.45) is 2.93. The summed E-state index contributed by atoms with van der Waals surface area (Å²) in [6, 6.07) is 6.34. The van der Waals surface area contributed by atoms with E-state index in [-0.39, 0.29) is 5.97 Å². The molecular weight excluding hydrogens is 347 g/mol. The fourth-order valence-corrected chi connectivity index (χ4v) is 3.23. The van der Waals surface area contributed by atoms with E-state index >= 15 is 0 Å². The summed E-state index contributed by atoms with van der Waals surface area (Å²) in [6.45, 7) is 3.80. The minimum Gasteiger partial charge on any atom is -0.466 e. The molecule has 0 aromatic heterocycles. The Morgan fingerprint density at radius 1 is 1.29 bits per heavy atom. The standard InChI is InChI=1S/C18H24Cl2N2O2/c1-2-24-18(23)5-3-4-15-12-14-6-7-16(13-17(14)21-15)22(10-8-19)11-9-20/h6-7,13H,2-5,8-12H2,1H3. The van der Waals surface area contributed by atoms with Gasteiger partial charge in [0.2, 0.25) is 0 Å². The molecule has 1 aliphatic rings. The van der Waals surface area contributed by atoms with Gasteiger partial charge in [-0.1, -0.05) is 6.07 Å². The maximum absolute atomic E-state index is 11.4. The largest absolute Gasteiger partial charge is 0.466 e. The molecule has 132 valence electrons. The van der Waals surface area contributed by atoms with Crippen molar-refractivity contribution in [2.75, 3.05) is 36.4 Å². The van der Waals surface area contributed by atoms with Gasteiger partial charge in [0, 0.05) is 49.1 Å². The fourth-order valence-electron chi connectivity index (χ4n) is 2.82. The van der Waals surface area contributed by atoms with E-state index in [2.05, 4.69) is 23.1 Å². The van der Waals surface area contributed by atoms with Crippen molar-refractivity contribution in [3.8, 4) is 0 Å². The number of hydrogen-bond donors (Lipinski definition) is 0. The number of ether oxygens (including phenoxy) is 1. The number of fused-ring (bicyclic) bond motifs is 1. The SMILES string of the molecule is CCOC(=O)CCCC1=Nc2cc(N(CCCl)CCCl)ccc2C1. The third kappa shape index (κ3) is 5.38. The number of alkyl halides is 2. The number of hydrogen-bond acceptors (Lipinski definition) is 4. The molecule has 0 saturated heterocycles. The number of nitrogens with zero attached hydrogens (tertiary/aromatic N) is 2. The smallest absolute Gasteiger partial charge is 0.305 e. The second kappa shape index (κ2) is 9.90. The Hall–Kier alpha value is -1.26. The second-order valence-corrected chi connectivity index (χ2v) is 6.45. The van der Waals surface area contributed by atoms with Gasteiger partial charge in [0.05, 0.1) is 12.3 Å². The minimum atomic E-state index is -0.131. The first kappa shape index (κ1) is 19.1. The first-order valence-electron chi connectivity index (χ1n) is 8.39. The summed E-state index contributed by atoms with van der Waals surface area (Å²) in [5, 5.41) is 0. The molecule has 6 heteroatoms. The lowest BCUT2D eigenvalue weighted by atomic mass is 10.1. The van der Waals surface area contributed by atoms with Crippen LogP contribution in [0.3, 0.4) is 0 Å². The van der Waals surface area contributed by atoms with Crippen LogP contribution in [-0.4, -0.2) is 43.1 Å². The van der Waals surface area contributed by atoms with Gasteiger partial charge in [-0.15, -0.1) is 23.2 Å². The van der Waals surface area contributed by atoms with Crippen molar-refractivity contribution < 1.29 is 9.53 Å². The van der Waals surface area contributed by atoms with Crippen LogP contribution in [0.1, 0.15) is 31.7 Å². The quantitative estimate of drug-likeness (QED) is 0.454. The van der Waals surface area contributed by atoms with Crippen LogP contribution < -0.4 is 4.90 Å². The minimum absolute atomic E-state index is 0.131. The van der Waals surface area contributed by atoms with Crippen LogP contribution in [0.25, 0.3) is 0 Å². The van der Waals surface area contributed by atoms with Crippen molar-refractivity contribution in [3.05, 3.63) is 23.8 Å². The predicted molar refractivity (Wildman–Crippen MR) is 101 cm³/mol. The van der Waals surface area contributed by atoms with Crippen molar-refractivity contribution in [1.82, 2.24) is 0 Å². The maximum Gasteiger partial charge on any atom is 0.305 e. The average Bonchev–Trinajstić information content (AvgIpc) is 2.96. The molecule has 0 spiro atoms. The number of anilines is 1. The van der Waals surface area contributed by atoms with E-state index in [0.717, 1.165) is 49.4 Å². The Morgan fingerprint density at radius 2 is 2.04 bits per heavy atom. The molecular formula is C18H24Cl2N2O2. The molecule has 1 heterocycles. The van der Waals surface area contributed by atoms with Crippen molar-refractivity contribution >= 4 is 46.3 Å². The van der Waals surface area contributed by atoms with Crippen LogP contribution in [0.15, 0.2) is 23.2 Å². The van der Waals surface area contributed by atoms with Crippen LogP contribution in [-0.2, 0) is 16.0 Å². The summed E-state index contributed by atoms with van der Waals surface area (Å²) in [7, 11) is 0. The molecule has 0 aliphatic carbocycles. The summed E-state index contributed by atoms with van der Waals surface area (Å²) in [4.78, 5) is 18.3. The molecule has 0 radical (unpaired) electrons. The predicted octanol–water partition coefficient (Wildman–Crippen LogP) is 4.33. The molecule has 1 aromatic rings. The number of benzene rings is 1. The third-order valence-electron chi connectivity index (χ3n) is 3.97. The zero-order chi connectivity index (χ0) is 17.4. The van der Waals surface area contributed by atoms with Crippen LogP contribution in [0.4, 0.5) is 11.4 Å². The Labute approximate surface area is 153 Å². The van der Waals surface area contributed by atoms with Gasteiger partial charge in [-0.3, -0.25) is 9.79 Å². The highest BCUT2D eigenvalue weighted by atomic mass is 35.5. The molecule has 0 atom stereocenters. The molecule has 0 amide bonds. The molecule has 0 saturated carbocycles. The van der Waals surface area contributed by atoms with E-state index in [4.69, 9.17) is 32.9 Å². The molecule has 1 aliphatic heterocycles. The van der Waals surface area contributed by atoms with Crippen LogP contribution in [0.5, 0.6) is 0 Å². The summed E-state index contributed by atoms with van der Waals surface area (Å²) >= 11 is 11.8.